The van der Waals surface area contributed by atoms with Crippen LogP contribution in [0.2, 0.25) is 0 Å². The first kappa shape index (κ1) is 17.6. The molecule has 20 heavy (non-hydrogen) atoms. The van der Waals surface area contributed by atoms with Gasteiger partial charge in [-0.1, -0.05) is 6.92 Å². The minimum Gasteiger partial charge on any atom is -0.477 e. The van der Waals surface area contributed by atoms with Gasteiger partial charge in [-0.2, -0.15) is 0 Å². The van der Waals surface area contributed by atoms with E-state index in [4.69, 9.17) is 9.84 Å². The van der Waals surface area contributed by atoms with Crippen molar-refractivity contribution in [3.63, 3.8) is 0 Å². The van der Waals surface area contributed by atoms with E-state index in [0.29, 0.717) is 19.6 Å². The van der Waals surface area contributed by atoms with E-state index in [-0.39, 0.29) is 20.1 Å². The van der Waals surface area contributed by atoms with Crippen LogP contribution >= 0.6 is 27.3 Å². The molecular weight excluding hydrogens is 370 g/mol. The van der Waals surface area contributed by atoms with E-state index < -0.39 is 16.0 Å². The van der Waals surface area contributed by atoms with E-state index in [1.165, 1.54) is 0 Å². The zero-order valence-corrected chi connectivity index (χ0v) is 14.1. The van der Waals surface area contributed by atoms with Crippen LogP contribution in [0.1, 0.15) is 29.4 Å². The van der Waals surface area contributed by atoms with E-state index in [0.717, 1.165) is 23.8 Å². The Bertz CT molecular complexity index is 555. The molecular formula is C11H16BrNO5S2. The first-order chi connectivity index (χ1) is 9.38. The van der Waals surface area contributed by atoms with Gasteiger partial charge in [0.2, 0.25) is 10.0 Å². The molecule has 1 aromatic heterocycles. The molecule has 0 fully saturated rings. The molecule has 1 heterocycles. The average Bonchev–Trinajstić information content (AvgIpc) is 2.77. The van der Waals surface area contributed by atoms with E-state index >= 15 is 0 Å². The van der Waals surface area contributed by atoms with Gasteiger partial charge in [0.05, 0.1) is 3.79 Å². The molecule has 0 bridgehead atoms. The number of carboxylic acid groups (broad SMARTS) is 1. The number of carbonyl (C=O) groups is 1. The summed E-state index contributed by atoms with van der Waals surface area (Å²) in [6.45, 7) is 3.39. The molecule has 0 atom stereocenters. The normalized spacial score (nSPS) is 11.7. The molecule has 9 heteroatoms. The number of aromatic carboxylic acids is 1. The lowest BCUT2D eigenvalue weighted by atomic mass is 10.4. The van der Waals surface area contributed by atoms with Crippen LogP contribution in [0.25, 0.3) is 0 Å². The molecule has 0 unspecified atom stereocenters. The lowest BCUT2D eigenvalue weighted by Crippen LogP contribution is -2.25. The van der Waals surface area contributed by atoms with Gasteiger partial charge in [-0.3, -0.25) is 0 Å². The summed E-state index contributed by atoms with van der Waals surface area (Å²) in [4.78, 5) is 10.7. The standard InChI is InChI=1S/C11H16BrNO5S2/c1-2-5-18-6-3-4-13-20(16,17)9-7-8(11(14)15)19-10(9)12/h7,13H,2-6H2,1H3,(H,14,15). The Morgan fingerprint density at radius 1 is 1.50 bits per heavy atom. The van der Waals surface area contributed by atoms with Crippen LogP contribution in [0.15, 0.2) is 14.7 Å². The molecule has 0 aliphatic rings. The zero-order chi connectivity index (χ0) is 15.2. The van der Waals surface area contributed by atoms with Gasteiger partial charge in [0.25, 0.3) is 0 Å². The summed E-state index contributed by atoms with van der Waals surface area (Å²) in [5.41, 5.74) is 0. The first-order valence-electron chi connectivity index (χ1n) is 5.98. The SMILES string of the molecule is CCCOCCCNS(=O)(=O)c1cc(C(=O)O)sc1Br. The largest absolute Gasteiger partial charge is 0.477 e. The predicted molar refractivity (Wildman–Crippen MR) is 79.9 cm³/mol. The number of hydrogen-bond acceptors (Lipinski definition) is 5. The lowest BCUT2D eigenvalue weighted by Gasteiger charge is -2.06. The number of rotatable bonds is 9. The second-order valence-corrected chi connectivity index (χ2v) is 8.02. The summed E-state index contributed by atoms with van der Waals surface area (Å²) in [5.74, 6) is -1.15. The molecule has 1 rings (SSSR count). The second kappa shape index (κ2) is 8.08. The smallest absolute Gasteiger partial charge is 0.345 e. The van der Waals surface area contributed by atoms with Gasteiger partial charge in [0.1, 0.15) is 9.77 Å². The minimum atomic E-state index is -3.70. The molecule has 2 N–H and O–H groups in total. The Hall–Kier alpha value is -0.480. The summed E-state index contributed by atoms with van der Waals surface area (Å²) < 4.78 is 32.0. The molecule has 0 aromatic carbocycles. The minimum absolute atomic E-state index is 0.0245. The highest BCUT2D eigenvalue weighted by molar-refractivity contribution is 9.11. The van der Waals surface area contributed by atoms with Crippen molar-refractivity contribution in [1.29, 1.82) is 0 Å². The van der Waals surface area contributed by atoms with E-state index in [1.807, 2.05) is 6.92 Å². The zero-order valence-electron chi connectivity index (χ0n) is 10.9. The van der Waals surface area contributed by atoms with Gasteiger partial charge in [0, 0.05) is 19.8 Å². The fraction of sp³-hybridized carbons (Fsp3) is 0.545. The Morgan fingerprint density at radius 3 is 2.75 bits per heavy atom. The molecule has 1 aromatic rings. The van der Waals surface area contributed by atoms with Gasteiger partial charge >= 0.3 is 5.97 Å². The van der Waals surface area contributed by atoms with Crippen molar-refractivity contribution in [1.82, 2.24) is 4.72 Å². The number of sulfonamides is 1. The first-order valence-corrected chi connectivity index (χ1v) is 9.07. The number of nitrogens with one attached hydrogen (secondary N) is 1. The highest BCUT2D eigenvalue weighted by atomic mass is 79.9. The summed E-state index contributed by atoms with van der Waals surface area (Å²) in [6, 6.07) is 1.15. The van der Waals surface area contributed by atoms with Gasteiger partial charge in [-0.15, -0.1) is 11.3 Å². The Kier molecular flexibility index (Phi) is 7.10. The van der Waals surface area contributed by atoms with Crippen molar-refractivity contribution in [2.45, 2.75) is 24.7 Å². The third kappa shape index (κ3) is 5.13. The fourth-order valence-electron chi connectivity index (χ4n) is 1.35. The lowest BCUT2D eigenvalue weighted by molar-refractivity contribution is 0.0702. The maximum atomic E-state index is 12.0. The molecule has 0 amide bonds. The summed E-state index contributed by atoms with van der Waals surface area (Å²) >= 11 is 3.95. The van der Waals surface area contributed by atoms with Crippen molar-refractivity contribution in [3.05, 3.63) is 14.7 Å². The van der Waals surface area contributed by atoms with Gasteiger partial charge in [-0.05, 0) is 34.8 Å². The maximum Gasteiger partial charge on any atom is 0.345 e. The number of thiophene rings is 1. The number of ether oxygens (including phenoxy) is 1. The van der Waals surface area contributed by atoms with Crippen molar-refractivity contribution < 1.29 is 23.1 Å². The second-order valence-electron chi connectivity index (χ2n) is 3.92. The molecule has 0 radical (unpaired) electrons. The van der Waals surface area contributed by atoms with E-state index in [1.54, 1.807) is 0 Å². The van der Waals surface area contributed by atoms with Gasteiger partial charge in [0.15, 0.2) is 0 Å². The highest BCUT2D eigenvalue weighted by Crippen LogP contribution is 2.31. The third-order valence-corrected chi connectivity index (χ3v) is 5.96. The van der Waals surface area contributed by atoms with Crippen LogP contribution in [-0.4, -0.2) is 39.3 Å². The van der Waals surface area contributed by atoms with Crippen LogP contribution < -0.4 is 4.72 Å². The van der Waals surface area contributed by atoms with Gasteiger partial charge in [-0.25, -0.2) is 17.9 Å². The quantitative estimate of drug-likeness (QED) is 0.636. The molecule has 0 spiro atoms. The Balaban J connectivity index is 2.58. The molecule has 0 aliphatic heterocycles. The van der Waals surface area contributed by atoms with Crippen molar-refractivity contribution >= 4 is 43.3 Å². The molecule has 0 saturated carbocycles. The Labute approximate surface area is 130 Å². The summed E-state index contributed by atoms with van der Waals surface area (Å²) in [5, 5.41) is 8.84. The summed E-state index contributed by atoms with van der Waals surface area (Å²) in [7, 11) is -3.70. The van der Waals surface area contributed by atoms with Crippen LogP contribution in [0.3, 0.4) is 0 Å². The summed E-state index contributed by atoms with van der Waals surface area (Å²) in [6.07, 6.45) is 1.48. The number of halogens is 1. The molecule has 6 nitrogen and oxygen atoms in total. The molecule has 114 valence electrons. The predicted octanol–water partition coefficient (Wildman–Crippen LogP) is 2.30. The number of hydrogen-bond donors (Lipinski definition) is 2. The van der Waals surface area contributed by atoms with Gasteiger partial charge < -0.3 is 9.84 Å². The van der Waals surface area contributed by atoms with Crippen molar-refractivity contribution in [2.75, 3.05) is 19.8 Å². The monoisotopic (exact) mass is 385 g/mol. The van der Waals surface area contributed by atoms with Crippen LogP contribution in [0, 0.1) is 0 Å². The third-order valence-electron chi connectivity index (χ3n) is 2.26. The van der Waals surface area contributed by atoms with E-state index in [2.05, 4.69) is 20.7 Å². The molecule has 0 saturated heterocycles. The average molecular weight is 386 g/mol. The van der Waals surface area contributed by atoms with Crippen molar-refractivity contribution in [2.24, 2.45) is 0 Å². The molecule has 0 aliphatic carbocycles. The maximum absolute atomic E-state index is 12.0. The Morgan fingerprint density at radius 2 is 2.20 bits per heavy atom. The van der Waals surface area contributed by atoms with Crippen LogP contribution in [-0.2, 0) is 14.8 Å². The topological polar surface area (TPSA) is 92.7 Å². The van der Waals surface area contributed by atoms with Crippen molar-refractivity contribution in [3.8, 4) is 0 Å². The number of carboxylic acids is 1. The fourth-order valence-corrected chi connectivity index (χ4v) is 4.82. The van der Waals surface area contributed by atoms with E-state index in [9.17, 15) is 13.2 Å². The van der Waals surface area contributed by atoms with Crippen LogP contribution in [0.5, 0.6) is 0 Å². The highest BCUT2D eigenvalue weighted by Gasteiger charge is 2.22. The van der Waals surface area contributed by atoms with Crippen LogP contribution in [0.4, 0.5) is 0 Å².